The predicted molar refractivity (Wildman–Crippen MR) is 108 cm³/mol. The maximum atomic E-state index is 13.2. The van der Waals surface area contributed by atoms with E-state index >= 15 is 0 Å². The van der Waals surface area contributed by atoms with Crippen molar-refractivity contribution in [1.82, 2.24) is 4.90 Å². The zero-order valence-electron chi connectivity index (χ0n) is 15.9. The van der Waals surface area contributed by atoms with Gasteiger partial charge in [0.05, 0.1) is 18.3 Å². The van der Waals surface area contributed by atoms with E-state index in [-0.39, 0.29) is 35.0 Å². The molecule has 1 unspecified atom stereocenters. The van der Waals surface area contributed by atoms with Crippen LogP contribution in [0.1, 0.15) is 29.2 Å². The zero-order valence-corrected chi connectivity index (χ0v) is 17.4. The number of halogens is 5. The molecule has 9 heteroatoms. The highest BCUT2D eigenvalue weighted by Gasteiger charge is 2.34. The molecule has 0 bridgehead atoms. The smallest absolute Gasteiger partial charge is 0.416 e. The fraction of sp³-hybridized carbons (Fsp3) is 0.381. The number of rotatable bonds is 7. The van der Waals surface area contributed by atoms with Gasteiger partial charge in [0.25, 0.3) is 0 Å². The van der Waals surface area contributed by atoms with Crippen molar-refractivity contribution < 1.29 is 27.4 Å². The number of carbonyl (C=O) groups is 1. The Balaban J connectivity index is 1.63. The third-order valence-corrected chi connectivity index (χ3v) is 5.38. The number of ether oxygens (including phenoxy) is 2. The van der Waals surface area contributed by atoms with Crippen molar-refractivity contribution in [2.24, 2.45) is 0 Å². The van der Waals surface area contributed by atoms with Gasteiger partial charge in [0.1, 0.15) is 12.4 Å². The molecule has 0 aromatic heterocycles. The lowest BCUT2D eigenvalue weighted by molar-refractivity contribution is -0.138. The molecule has 4 nitrogen and oxygen atoms in total. The van der Waals surface area contributed by atoms with Gasteiger partial charge in [-0.05, 0) is 41.4 Å². The number of hydrogen-bond donors (Lipinski definition) is 0. The minimum Gasteiger partial charge on any atom is -0.489 e. The third kappa shape index (κ3) is 6.11. The highest BCUT2D eigenvalue weighted by molar-refractivity contribution is 6.63. The Labute approximate surface area is 182 Å². The van der Waals surface area contributed by atoms with E-state index in [0.717, 1.165) is 18.2 Å². The van der Waals surface area contributed by atoms with Crippen LogP contribution in [0.5, 0.6) is 5.75 Å². The minimum atomic E-state index is -4.51. The van der Waals surface area contributed by atoms with Gasteiger partial charge in [0.15, 0.2) is 0 Å². The number of carbonyl (C=O) groups excluding carboxylic acids is 1. The molecule has 0 N–H and O–H groups in total. The monoisotopic (exact) mass is 461 g/mol. The summed E-state index contributed by atoms with van der Waals surface area (Å²) in [7, 11) is 0. The summed E-state index contributed by atoms with van der Waals surface area (Å²) in [5.74, 6) is 0.423. The van der Waals surface area contributed by atoms with E-state index in [1.165, 1.54) is 12.1 Å². The van der Waals surface area contributed by atoms with Crippen molar-refractivity contribution in [2.45, 2.75) is 25.3 Å². The van der Waals surface area contributed by atoms with Gasteiger partial charge in [-0.1, -0.05) is 29.8 Å². The van der Waals surface area contributed by atoms with Crippen molar-refractivity contribution in [2.75, 3.05) is 26.2 Å². The van der Waals surface area contributed by atoms with Gasteiger partial charge in [0, 0.05) is 36.6 Å². The van der Waals surface area contributed by atoms with Crippen LogP contribution in [0.2, 0.25) is 5.02 Å². The lowest BCUT2D eigenvalue weighted by Gasteiger charge is -2.32. The van der Waals surface area contributed by atoms with Gasteiger partial charge < -0.3 is 9.47 Å². The van der Waals surface area contributed by atoms with Crippen molar-refractivity contribution >= 4 is 28.4 Å². The number of alkyl halides is 3. The Morgan fingerprint density at radius 1 is 1.20 bits per heavy atom. The summed E-state index contributed by atoms with van der Waals surface area (Å²) in [6.07, 6.45) is -4.40. The first kappa shape index (κ1) is 22.9. The Bertz CT molecular complexity index is 875. The van der Waals surface area contributed by atoms with E-state index in [1.54, 1.807) is 12.1 Å². The molecule has 0 saturated carbocycles. The molecule has 1 heterocycles. The fourth-order valence-corrected chi connectivity index (χ4v) is 3.57. The molecule has 1 aliphatic heterocycles. The molecule has 2 aromatic carbocycles. The number of hydrogen-bond acceptors (Lipinski definition) is 4. The molecular weight excluding hydrogens is 442 g/mol. The van der Waals surface area contributed by atoms with Crippen LogP contribution in [0.25, 0.3) is 0 Å². The van der Waals surface area contributed by atoms with Gasteiger partial charge in [-0.2, -0.15) is 13.2 Å². The molecule has 30 heavy (non-hydrogen) atoms. The summed E-state index contributed by atoms with van der Waals surface area (Å²) in [4.78, 5) is 13.1. The fourth-order valence-electron chi connectivity index (χ4n) is 3.26. The van der Waals surface area contributed by atoms with Crippen LogP contribution in [0, 0.1) is 0 Å². The standard InChI is InChI=1S/C21H20Cl2F3NO3/c22-18-3-1-2-17(21(24,25)26)16(18)13-30-15-6-4-14(5-7-15)19-12-27(10-11-29-19)9-8-20(23)28/h1-7,19H,8-13H2. The molecule has 162 valence electrons. The summed E-state index contributed by atoms with van der Waals surface area (Å²) in [5.41, 5.74) is 0.00607. The average Bonchev–Trinajstić information content (AvgIpc) is 2.71. The Morgan fingerprint density at radius 2 is 1.93 bits per heavy atom. The van der Waals surface area contributed by atoms with E-state index in [4.69, 9.17) is 32.7 Å². The molecule has 0 amide bonds. The molecule has 1 fully saturated rings. The van der Waals surface area contributed by atoms with Crippen molar-refractivity contribution in [3.8, 4) is 5.75 Å². The number of morpholine rings is 1. The van der Waals surface area contributed by atoms with Crippen LogP contribution >= 0.6 is 23.2 Å². The second-order valence-corrected chi connectivity index (χ2v) is 7.72. The summed E-state index contributed by atoms with van der Waals surface area (Å²) in [5, 5.41) is -0.362. The number of nitrogens with zero attached hydrogens (tertiary/aromatic N) is 1. The van der Waals surface area contributed by atoms with E-state index in [9.17, 15) is 18.0 Å². The van der Waals surface area contributed by atoms with Gasteiger partial charge in [0.2, 0.25) is 5.24 Å². The van der Waals surface area contributed by atoms with Gasteiger partial charge in [-0.3, -0.25) is 9.69 Å². The molecule has 1 saturated heterocycles. The molecule has 1 atom stereocenters. The third-order valence-electron chi connectivity index (χ3n) is 4.83. The average molecular weight is 462 g/mol. The van der Waals surface area contributed by atoms with Crippen LogP contribution in [0.3, 0.4) is 0 Å². The van der Waals surface area contributed by atoms with Gasteiger partial charge in [-0.15, -0.1) is 0 Å². The molecule has 0 radical (unpaired) electrons. The van der Waals surface area contributed by atoms with E-state index in [2.05, 4.69) is 4.90 Å². The molecule has 2 aromatic rings. The molecule has 0 spiro atoms. The molecule has 1 aliphatic rings. The van der Waals surface area contributed by atoms with Crippen LogP contribution in [-0.4, -0.2) is 36.4 Å². The summed E-state index contributed by atoms with van der Waals surface area (Å²) in [6, 6.07) is 10.6. The van der Waals surface area contributed by atoms with Crippen LogP contribution in [0.4, 0.5) is 13.2 Å². The second-order valence-electron chi connectivity index (χ2n) is 6.89. The first-order valence-electron chi connectivity index (χ1n) is 9.33. The summed E-state index contributed by atoms with van der Waals surface area (Å²) in [6.45, 7) is 2.16. The Hall–Kier alpha value is -1.80. The van der Waals surface area contributed by atoms with E-state index in [0.29, 0.717) is 25.4 Å². The van der Waals surface area contributed by atoms with Crippen molar-refractivity contribution in [3.05, 3.63) is 64.2 Å². The first-order valence-corrected chi connectivity index (χ1v) is 10.1. The van der Waals surface area contributed by atoms with E-state index in [1.807, 2.05) is 12.1 Å². The van der Waals surface area contributed by atoms with Crippen molar-refractivity contribution in [1.29, 1.82) is 0 Å². The summed E-state index contributed by atoms with van der Waals surface area (Å²) < 4.78 is 50.9. The Kier molecular flexibility index (Phi) is 7.63. The molecule has 3 rings (SSSR count). The normalized spacial score (nSPS) is 17.7. The van der Waals surface area contributed by atoms with Crippen LogP contribution < -0.4 is 4.74 Å². The number of benzene rings is 2. The maximum absolute atomic E-state index is 13.2. The topological polar surface area (TPSA) is 38.8 Å². The van der Waals surface area contributed by atoms with Crippen LogP contribution in [-0.2, 0) is 22.3 Å². The first-order chi connectivity index (χ1) is 14.2. The SMILES string of the molecule is O=C(Cl)CCN1CCOC(c2ccc(OCc3c(Cl)cccc3C(F)(F)F)cc2)C1. The molecular formula is C21H20Cl2F3NO3. The Morgan fingerprint density at radius 3 is 2.60 bits per heavy atom. The lowest BCUT2D eigenvalue weighted by Crippen LogP contribution is -2.39. The van der Waals surface area contributed by atoms with Crippen LogP contribution in [0.15, 0.2) is 42.5 Å². The summed E-state index contributed by atoms with van der Waals surface area (Å²) >= 11 is 11.4. The second kappa shape index (κ2) is 10.0. The highest BCUT2D eigenvalue weighted by Crippen LogP contribution is 2.35. The minimum absolute atomic E-state index is 0.00701. The largest absolute Gasteiger partial charge is 0.489 e. The lowest BCUT2D eigenvalue weighted by atomic mass is 10.1. The van der Waals surface area contributed by atoms with E-state index < -0.39 is 11.7 Å². The van der Waals surface area contributed by atoms with Gasteiger partial charge >= 0.3 is 6.18 Å². The zero-order chi connectivity index (χ0) is 21.7. The predicted octanol–water partition coefficient (Wildman–Crippen LogP) is 5.47. The maximum Gasteiger partial charge on any atom is 0.416 e. The van der Waals surface area contributed by atoms with Crippen molar-refractivity contribution in [3.63, 3.8) is 0 Å². The highest BCUT2D eigenvalue weighted by atomic mass is 35.5. The molecule has 0 aliphatic carbocycles. The quantitative estimate of drug-likeness (QED) is 0.512. The van der Waals surface area contributed by atoms with Gasteiger partial charge in [-0.25, -0.2) is 0 Å².